The van der Waals surface area contributed by atoms with E-state index in [1.54, 1.807) is 6.92 Å². The highest BCUT2D eigenvalue weighted by Gasteiger charge is 2.72. The molecule has 0 amide bonds. The van der Waals surface area contributed by atoms with E-state index in [1.165, 1.54) is 38.5 Å². The molecular formula is C21H27N3O4. The molecule has 1 saturated heterocycles. The summed E-state index contributed by atoms with van der Waals surface area (Å²) in [6, 6.07) is 0.234. The van der Waals surface area contributed by atoms with Gasteiger partial charge in [-0.25, -0.2) is 9.59 Å². The van der Waals surface area contributed by atoms with E-state index in [9.17, 15) is 9.59 Å². The molecule has 6 bridgehead atoms. The molecule has 28 heavy (non-hydrogen) atoms. The van der Waals surface area contributed by atoms with Crippen LogP contribution in [0.3, 0.4) is 0 Å². The summed E-state index contributed by atoms with van der Waals surface area (Å²) in [5, 5.41) is 11.9. The zero-order valence-electron chi connectivity index (χ0n) is 16.3. The minimum Gasteiger partial charge on any atom is -0.448 e. The lowest BCUT2D eigenvalue weighted by atomic mass is 9.52. The van der Waals surface area contributed by atoms with Crippen molar-refractivity contribution in [3.05, 3.63) is 0 Å². The van der Waals surface area contributed by atoms with Gasteiger partial charge in [0.1, 0.15) is 6.04 Å². The molecule has 7 fully saturated rings. The van der Waals surface area contributed by atoms with Gasteiger partial charge in [-0.05, 0) is 75.5 Å². The molecule has 2 aliphatic heterocycles. The summed E-state index contributed by atoms with van der Waals surface area (Å²) in [4.78, 5) is 25.0. The topological polar surface area (TPSA) is 80.6 Å². The molecule has 6 atom stereocenters. The summed E-state index contributed by atoms with van der Waals surface area (Å²) in [7, 11) is 0. The molecule has 6 aliphatic carbocycles. The highest BCUT2D eigenvalue weighted by molar-refractivity contribution is 5.91. The summed E-state index contributed by atoms with van der Waals surface area (Å²) in [5.41, 5.74) is -0.931. The van der Waals surface area contributed by atoms with Gasteiger partial charge in [0, 0.05) is 12.3 Å². The number of nitrogens with zero attached hydrogens (tertiary/aromatic N) is 3. The lowest BCUT2D eigenvalue weighted by molar-refractivity contribution is -0.218. The minimum atomic E-state index is -1.12. The van der Waals surface area contributed by atoms with Crippen LogP contribution >= 0.6 is 0 Å². The van der Waals surface area contributed by atoms with Crippen LogP contribution in [0.4, 0.5) is 0 Å². The van der Waals surface area contributed by atoms with Crippen molar-refractivity contribution < 1.29 is 19.1 Å². The van der Waals surface area contributed by atoms with Crippen molar-refractivity contribution in [2.45, 2.75) is 87.6 Å². The number of fused-ring (bicyclic) bond motifs is 6. The van der Waals surface area contributed by atoms with Crippen LogP contribution in [0.2, 0.25) is 0 Å². The van der Waals surface area contributed by atoms with Gasteiger partial charge in [0.05, 0.1) is 11.6 Å². The van der Waals surface area contributed by atoms with Gasteiger partial charge in [-0.1, -0.05) is 5.22 Å². The fourth-order valence-corrected chi connectivity index (χ4v) is 8.72. The molecule has 150 valence electrons. The van der Waals surface area contributed by atoms with E-state index in [-0.39, 0.29) is 29.5 Å². The number of hydrogen-bond donors (Lipinski definition) is 0. The standard InChI is InChI=1S/C21H27N3O4/c1-10-18(25)28-21(19(26)27-10)9-14-5-15(21)16-17(14)24(23-22-16)20-6-11-2-12(7-20)4-13(3-11)8-20/h10-17H,2-9H2,1H3/t10-,11?,12?,13?,14+,15+,16-,17+,20?,21+/m0/s1. The largest absolute Gasteiger partial charge is 0.448 e. The lowest BCUT2D eigenvalue weighted by Crippen LogP contribution is -2.65. The molecule has 7 nitrogen and oxygen atoms in total. The van der Waals surface area contributed by atoms with Crippen molar-refractivity contribution in [1.82, 2.24) is 5.01 Å². The third kappa shape index (κ3) is 1.78. The number of ether oxygens (including phenoxy) is 2. The summed E-state index contributed by atoms with van der Waals surface area (Å²) in [6.45, 7) is 1.58. The van der Waals surface area contributed by atoms with Crippen molar-refractivity contribution in [3.8, 4) is 0 Å². The zero-order valence-corrected chi connectivity index (χ0v) is 16.3. The summed E-state index contributed by atoms with van der Waals surface area (Å²) in [6.07, 6.45) is 8.67. The molecule has 2 heterocycles. The molecule has 0 unspecified atom stereocenters. The van der Waals surface area contributed by atoms with Gasteiger partial charge in [-0.2, -0.15) is 5.11 Å². The Hall–Kier alpha value is -1.66. The Bertz CT molecular complexity index is 776. The molecule has 8 rings (SSSR count). The quantitative estimate of drug-likeness (QED) is 0.648. The third-order valence-corrected chi connectivity index (χ3v) is 9.27. The Morgan fingerprint density at radius 2 is 1.68 bits per heavy atom. The van der Waals surface area contributed by atoms with Crippen LogP contribution in [-0.2, 0) is 19.1 Å². The molecule has 7 heteroatoms. The van der Waals surface area contributed by atoms with Crippen LogP contribution in [-0.4, -0.2) is 46.3 Å². The molecule has 0 radical (unpaired) electrons. The summed E-state index contributed by atoms with van der Waals surface area (Å²) >= 11 is 0. The first-order chi connectivity index (χ1) is 13.5. The van der Waals surface area contributed by atoms with E-state index >= 15 is 0 Å². The average molecular weight is 385 g/mol. The molecule has 0 N–H and O–H groups in total. The average Bonchev–Trinajstić information content (AvgIpc) is 3.30. The van der Waals surface area contributed by atoms with Gasteiger partial charge in [0.2, 0.25) is 5.60 Å². The Morgan fingerprint density at radius 3 is 2.36 bits per heavy atom. The van der Waals surface area contributed by atoms with Crippen LogP contribution in [0.1, 0.15) is 58.3 Å². The highest BCUT2D eigenvalue weighted by atomic mass is 16.7. The van der Waals surface area contributed by atoms with E-state index in [0.717, 1.165) is 24.2 Å². The maximum Gasteiger partial charge on any atom is 0.351 e. The maximum atomic E-state index is 12.8. The Morgan fingerprint density at radius 1 is 1.00 bits per heavy atom. The molecule has 8 aliphatic rings. The van der Waals surface area contributed by atoms with E-state index in [4.69, 9.17) is 19.8 Å². The molecule has 0 aromatic rings. The second-order valence-corrected chi connectivity index (χ2v) is 10.8. The van der Waals surface area contributed by atoms with Gasteiger partial charge in [0.15, 0.2) is 6.10 Å². The summed E-state index contributed by atoms with van der Waals surface area (Å²) < 4.78 is 11.1. The van der Waals surface area contributed by atoms with Crippen LogP contribution in [0.5, 0.6) is 0 Å². The Labute approximate surface area is 164 Å². The van der Waals surface area contributed by atoms with E-state index in [1.807, 2.05) is 0 Å². The SMILES string of the molecule is C[C@@H]1OC(=O)[C@]2(C[C@H]3C[C@@H]2[C@@H]2N=NN(C45CC6CC(CC(C6)C4)C5)[C@H]32)OC1=O. The minimum absolute atomic E-state index is 0.0412. The Kier molecular flexibility index (Phi) is 2.83. The third-order valence-electron chi connectivity index (χ3n) is 9.27. The second kappa shape index (κ2) is 4.90. The molecule has 0 aromatic heterocycles. The number of cyclic esters (lactones) is 1. The zero-order chi connectivity index (χ0) is 18.8. The second-order valence-electron chi connectivity index (χ2n) is 10.8. The van der Waals surface area contributed by atoms with Gasteiger partial charge in [0.25, 0.3) is 0 Å². The number of carbonyl (C=O) groups excluding carboxylic acids is 2. The Balaban J connectivity index is 1.20. The van der Waals surface area contributed by atoms with Crippen molar-refractivity contribution >= 4 is 11.9 Å². The first kappa shape index (κ1) is 16.2. The van der Waals surface area contributed by atoms with Crippen LogP contribution in [0, 0.1) is 29.6 Å². The van der Waals surface area contributed by atoms with Gasteiger partial charge in [-0.3, -0.25) is 5.01 Å². The van der Waals surface area contributed by atoms with Gasteiger partial charge in [-0.15, -0.1) is 0 Å². The van der Waals surface area contributed by atoms with Crippen molar-refractivity contribution in [2.75, 3.05) is 0 Å². The molecule has 1 spiro atoms. The van der Waals surface area contributed by atoms with Gasteiger partial charge >= 0.3 is 11.9 Å². The monoisotopic (exact) mass is 385 g/mol. The summed E-state index contributed by atoms with van der Waals surface area (Å²) in [5.74, 6) is 2.01. The van der Waals surface area contributed by atoms with Gasteiger partial charge < -0.3 is 9.47 Å². The highest BCUT2D eigenvalue weighted by Crippen LogP contribution is 2.64. The van der Waals surface area contributed by atoms with Crippen LogP contribution in [0.15, 0.2) is 10.3 Å². The van der Waals surface area contributed by atoms with Crippen molar-refractivity contribution in [2.24, 2.45) is 39.9 Å². The lowest BCUT2D eigenvalue weighted by Gasteiger charge is -2.60. The number of esters is 2. The number of rotatable bonds is 1. The van der Waals surface area contributed by atoms with Crippen molar-refractivity contribution in [3.63, 3.8) is 0 Å². The molecule has 6 saturated carbocycles. The first-order valence-electron chi connectivity index (χ1n) is 11.1. The predicted octanol–water partition coefficient (Wildman–Crippen LogP) is 2.64. The smallest absolute Gasteiger partial charge is 0.351 e. The maximum absolute atomic E-state index is 12.8. The van der Waals surface area contributed by atoms with Crippen LogP contribution in [0.25, 0.3) is 0 Å². The first-order valence-corrected chi connectivity index (χ1v) is 11.1. The van der Waals surface area contributed by atoms with Crippen molar-refractivity contribution in [1.29, 1.82) is 0 Å². The van der Waals surface area contributed by atoms with Crippen LogP contribution < -0.4 is 0 Å². The van der Waals surface area contributed by atoms with E-state index < -0.39 is 17.7 Å². The van der Waals surface area contributed by atoms with E-state index in [0.29, 0.717) is 12.3 Å². The number of carbonyl (C=O) groups is 2. The normalized spacial score (nSPS) is 57.8. The molecular weight excluding hydrogens is 358 g/mol. The molecule has 0 aromatic carbocycles. The fraction of sp³-hybridized carbons (Fsp3) is 0.905. The number of hydrogen-bond acceptors (Lipinski definition) is 7. The fourth-order valence-electron chi connectivity index (χ4n) is 8.72. The van der Waals surface area contributed by atoms with E-state index in [2.05, 4.69) is 5.01 Å². The predicted molar refractivity (Wildman–Crippen MR) is 95.8 cm³/mol.